The molecule has 0 aliphatic carbocycles. The first-order chi connectivity index (χ1) is 17.5. The standard InChI is InChI=1S/C24H26FNO5.Na/c1-14(2)26-21-9-7-18(28)12-20(21)24(15-3-5-16(25)6-4-15)22(26)10-8-17(27)11-19(29)13-23(30)31;/h3-10,12,14,17,19,27-29H,11,13H2,1-2H3,(H,30,31);/q;+1/p-1/b10-8+;/t17-,19-;/m0./s1/i1D3,2D3,14D;. The minimum absolute atomic E-state index is 0. The van der Waals surface area contributed by atoms with Gasteiger partial charge >= 0.3 is 29.6 Å². The number of carbonyl (C=O) groups is 1. The van der Waals surface area contributed by atoms with Crippen molar-refractivity contribution < 1.29 is 68.8 Å². The molecule has 8 heteroatoms. The van der Waals surface area contributed by atoms with E-state index < -0.39 is 56.6 Å². The van der Waals surface area contributed by atoms with Gasteiger partial charge in [0.1, 0.15) is 11.6 Å². The van der Waals surface area contributed by atoms with Crippen LogP contribution in [0.4, 0.5) is 4.39 Å². The van der Waals surface area contributed by atoms with E-state index in [2.05, 4.69) is 0 Å². The molecular weight excluding hydrogens is 424 g/mol. The minimum Gasteiger partial charge on any atom is -0.550 e. The Morgan fingerprint density at radius 3 is 2.56 bits per heavy atom. The number of aliphatic hydroxyl groups is 2. The second kappa shape index (κ2) is 11.1. The van der Waals surface area contributed by atoms with E-state index in [9.17, 15) is 29.6 Å². The fourth-order valence-corrected chi connectivity index (χ4v) is 3.45. The van der Waals surface area contributed by atoms with Crippen LogP contribution in [0, 0.1) is 5.82 Å². The maximum absolute atomic E-state index is 13.7. The number of halogens is 1. The van der Waals surface area contributed by atoms with E-state index in [-0.39, 0.29) is 63.0 Å². The summed E-state index contributed by atoms with van der Waals surface area (Å²) >= 11 is 0. The SMILES string of the molecule is [2H]C([2H])([2H])C([2H])(n1c(/C=C/[C@H](O)C[C@H](O)CC(=O)[O-])c(-c2ccc(F)cc2)c2cc(O)ccc21)C([2H])([2H])[2H].[Na+]. The molecule has 0 saturated carbocycles. The van der Waals surface area contributed by atoms with Crippen molar-refractivity contribution in [1.82, 2.24) is 4.57 Å². The zero-order valence-electron chi connectivity index (χ0n) is 24.2. The minimum atomic E-state index is -3.41. The Labute approximate surface area is 217 Å². The average molecular weight is 456 g/mol. The molecule has 3 rings (SSSR count). The molecule has 3 aromatic rings. The van der Waals surface area contributed by atoms with E-state index in [1.54, 1.807) is 0 Å². The van der Waals surface area contributed by atoms with Crippen molar-refractivity contribution in [2.75, 3.05) is 0 Å². The number of hydrogen-bond acceptors (Lipinski definition) is 5. The monoisotopic (exact) mass is 456 g/mol. The van der Waals surface area contributed by atoms with E-state index in [1.807, 2.05) is 0 Å². The number of aromatic nitrogens is 1. The molecule has 0 fully saturated rings. The summed E-state index contributed by atoms with van der Waals surface area (Å²) < 4.78 is 71.4. The van der Waals surface area contributed by atoms with Gasteiger partial charge in [0.2, 0.25) is 0 Å². The van der Waals surface area contributed by atoms with Gasteiger partial charge in [-0.2, -0.15) is 0 Å². The Morgan fingerprint density at radius 2 is 1.94 bits per heavy atom. The first kappa shape index (κ1) is 17.3. The summed E-state index contributed by atoms with van der Waals surface area (Å²) in [4.78, 5) is 10.7. The van der Waals surface area contributed by atoms with Crippen molar-refractivity contribution in [1.29, 1.82) is 0 Å². The largest absolute Gasteiger partial charge is 1.00 e. The maximum Gasteiger partial charge on any atom is 1.00 e. The number of hydrogen-bond donors (Lipinski definition) is 3. The van der Waals surface area contributed by atoms with Crippen molar-refractivity contribution in [2.24, 2.45) is 0 Å². The van der Waals surface area contributed by atoms with Crippen LogP contribution in [0.25, 0.3) is 28.1 Å². The number of phenolic OH excluding ortho intramolecular Hbond substituents is 1. The first-order valence-corrected chi connectivity index (χ1v) is 9.35. The van der Waals surface area contributed by atoms with Gasteiger partial charge < -0.3 is 29.8 Å². The first-order valence-electron chi connectivity index (χ1n) is 12.9. The van der Waals surface area contributed by atoms with E-state index in [1.165, 1.54) is 30.3 Å². The van der Waals surface area contributed by atoms with Crippen LogP contribution in [-0.2, 0) is 4.79 Å². The molecule has 32 heavy (non-hydrogen) atoms. The van der Waals surface area contributed by atoms with Gasteiger partial charge in [0.05, 0.1) is 13.6 Å². The molecule has 6 nitrogen and oxygen atoms in total. The van der Waals surface area contributed by atoms with Crippen LogP contribution in [0.2, 0.25) is 0 Å². The maximum atomic E-state index is 13.7. The zero-order chi connectivity index (χ0) is 28.6. The predicted octanol–water partition coefficient (Wildman–Crippen LogP) is 0.00300. The molecule has 0 amide bonds. The molecule has 1 aromatic heterocycles. The van der Waals surface area contributed by atoms with Crippen LogP contribution in [0.3, 0.4) is 0 Å². The smallest absolute Gasteiger partial charge is 0.550 e. The van der Waals surface area contributed by atoms with E-state index in [0.717, 1.165) is 28.9 Å². The van der Waals surface area contributed by atoms with E-state index in [4.69, 9.17) is 9.60 Å². The van der Waals surface area contributed by atoms with Gasteiger partial charge in [0.25, 0.3) is 0 Å². The predicted molar refractivity (Wildman–Crippen MR) is 115 cm³/mol. The van der Waals surface area contributed by atoms with Crippen LogP contribution in [0.1, 0.15) is 47.9 Å². The van der Waals surface area contributed by atoms with Gasteiger partial charge in [-0.3, -0.25) is 0 Å². The van der Waals surface area contributed by atoms with Gasteiger partial charge in [-0.25, -0.2) is 4.39 Å². The van der Waals surface area contributed by atoms with Gasteiger partial charge in [0, 0.05) is 55.2 Å². The van der Waals surface area contributed by atoms with Crippen LogP contribution < -0.4 is 34.7 Å². The molecule has 3 N–H and O–H groups in total. The molecule has 164 valence electrons. The van der Waals surface area contributed by atoms with Gasteiger partial charge in [-0.15, -0.1) is 0 Å². The van der Waals surface area contributed by atoms with Crippen LogP contribution in [0.15, 0.2) is 48.5 Å². The molecule has 0 radical (unpaired) electrons. The summed E-state index contributed by atoms with van der Waals surface area (Å²) in [6, 6.07) is 5.32. The summed E-state index contributed by atoms with van der Waals surface area (Å²) in [6.07, 6.45) is -1.91. The number of benzene rings is 2. The summed E-state index contributed by atoms with van der Waals surface area (Å²) in [5.74, 6) is -2.38. The molecule has 0 aliphatic heterocycles. The van der Waals surface area contributed by atoms with E-state index >= 15 is 0 Å². The fourth-order valence-electron chi connectivity index (χ4n) is 3.45. The molecule has 0 spiro atoms. The average Bonchev–Trinajstić information content (AvgIpc) is 3.08. The number of carboxylic acids is 1. The molecule has 0 bridgehead atoms. The Morgan fingerprint density at radius 1 is 1.25 bits per heavy atom. The van der Waals surface area contributed by atoms with Crippen LogP contribution >= 0.6 is 0 Å². The number of phenols is 1. The molecule has 0 unspecified atom stereocenters. The number of rotatable bonds is 8. The van der Waals surface area contributed by atoms with Crippen LogP contribution in [0.5, 0.6) is 5.75 Å². The molecule has 2 aromatic carbocycles. The Balaban J connectivity index is 0.00000533. The number of carboxylic acid groups (broad SMARTS) is 1. The van der Waals surface area contributed by atoms with Gasteiger partial charge in [-0.1, -0.05) is 18.2 Å². The quantitative estimate of drug-likeness (QED) is 0.414. The molecular formula is C24H25FNNaO5. The molecule has 1 heterocycles. The van der Waals surface area contributed by atoms with Crippen molar-refractivity contribution in [3.8, 4) is 16.9 Å². The third-order valence-corrected chi connectivity index (χ3v) is 4.74. The number of aliphatic hydroxyl groups excluding tert-OH is 2. The van der Waals surface area contributed by atoms with Crippen molar-refractivity contribution in [2.45, 2.75) is 44.8 Å². The Kier molecular flexibility index (Phi) is 6.02. The van der Waals surface area contributed by atoms with Gasteiger partial charge in [0.15, 0.2) is 0 Å². The summed E-state index contributed by atoms with van der Waals surface area (Å²) in [7, 11) is 0. The van der Waals surface area contributed by atoms with Gasteiger partial charge in [-0.05, 0) is 55.7 Å². The molecule has 0 aliphatic rings. The third-order valence-electron chi connectivity index (χ3n) is 4.74. The topological polar surface area (TPSA) is 106 Å². The molecule has 0 saturated heterocycles. The number of carbonyl (C=O) groups excluding carboxylic acids is 1. The second-order valence-electron chi connectivity index (χ2n) is 7.04. The van der Waals surface area contributed by atoms with Crippen molar-refractivity contribution >= 4 is 22.9 Å². The fraction of sp³-hybridized carbons (Fsp3) is 0.292. The van der Waals surface area contributed by atoms with E-state index in [0.29, 0.717) is 0 Å². The van der Waals surface area contributed by atoms with Crippen LogP contribution in [-0.4, -0.2) is 38.1 Å². The number of fused-ring (bicyclic) bond motifs is 1. The summed E-state index contributed by atoms with van der Waals surface area (Å²) in [5.41, 5.74) is 0.202. The van der Waals surface area contributed by atoms with Crippen molar-refractivity contribution in [3.63, 3.8) is 0 Å². The number of aromatic hydroxyl groups is 1. The van der Waals surface area contributed by atoms with Crippen molar-refractivity contribution in [3.05, 3.63) is 60.1 Å². The summed E-state index contributed by atoms with van der Waals surface area (Å²) in [5, 5.41) is 41.3. The Hall–Kier alpha value is -2.16. The third kappa shape index (κ3) is 5.99. The zero-order valence-corrected chi connectivity index (χ0v) is 19.2. The number of aliphatic carboxylic acids is 1. The summed E-state index contributed by atoms with van der Waals surface area (Å²) in [6.45, 7) is -6.82. The number of nitrogens with zero attached hydrogens (tertiary/aromatic N) is 1. The normalized spacial score (nSPS) is 17.8. The molecule has 2 atom stereocenters. The Bertz CT molecular complexity index is 1340. The second-order valence-corrected chi connectivity index (χ2v) is 7.04.